The van der Waals surface area contributed by atoms with Gasteiger partial charge < -0.3 is 9.67 Å². The summed E-state index contributed by atoms with van der Waals surface area (Å²) in [5.41, 5.74) is 1.43. The van der Waals surface area contributed by atoms with Gasteiger partial charge in [-0.25, -0.2) is 8.78 Å². The summed E-state index contributed by atoms with van der Waals surface area (Å²) in [5, 5.41) is 10.4. The predicted octanol–water partition coefficient (Wildman–Crippen LogP) is 6.66. The number of carbonyl (C=O) groups excluding carboxylic acids is 1. The van der Waals surface area contributed by atoms with Crippen LogP contribution >= 0.6 is 23.2 Å². The van der Waals surface area contributed by atoms with Gasteiger partial charge in [0.05, 0.1) is 21.3 Å². The molecule has 0 radical (unpaired) electrons. The third-order valence-corrected chi connectivity index (χ3v) is 5.44. The molecular formula is C21H17Cl2F2NO2. The van der Waals surface area contributed by atoms with E-state index >= 15 is 0 Å². The summed E-state index contributed by atoms with van der Waals surface area (Å²) in [6.07, 6.45) is 0. The van der Waals surface area contributed by atoms with Crippen LogP contribution in [-0.2, 0) is 13.0 Å². The van der Waals surface area contributed by atoms with Crippen LogP contribution in [-0.4, -0.2) is 15.5 Å². The Bertz CT molecular complexity index is 1140. The zero-order chi connectivity index (χ0) is 21.0. The van der Waals surface area contributed by atoms with E-state index in [1.54, 1.807) is 20.0 Å². The molecule has 0 atom stereocenters. The Balaban J connectivity index is 2.24. The quantitative estimate of drug-likeness (QED) is 0.376. The molecule has 0 saturated heterocycles. The van der Waals surface area contributed by atoms with Crippen LogP contribution in [0.4, 0.5) is 8.78 Å². The molecule has 3 aromatic rings. The monoisotopic (exact) mass is 423 g/mol. The van der Waals surface area contributed by atoms with Crippen LogP contribution in [0.1, 0.15) is 39.7 Å². The van der Waals surface area contributed by atoms with E-state index in [2.05, 4.69) is 6.58 Å². The van der Waals surface area contributed by atoms with Gasteiger partial charge in [-0.05, 0) is 42.8 Å². The first-order valence-corrected chi connectivity index (χ1v) is 9.08. The number of aryl methyl sites for hydroxylation is 2. The highest BCUT2D eigenvalue weighted by Crippen LogP contribution is 2.36. The third-order valence-electron chi connectivity index (χ3n) is 4.74. The van der Waals surface area contributed by atoms with Gasteiger partial charge in [0.25, 0.3) is 5.92 Å². The number of carbonyl (C=O) groups is 1. The van der Waals surface area contributed by atoms with Crippen molar-refractivity contribution in [3.05, 3.63) is 74.9 Å². The summed E-state index contributed by atoms with van der Waals surface area (Å²) in [5.74, 6) is -3.78. The second kappa shape index (κ2) is 6.90. The molecule has 0 unspecified atom stereocenters. The number of nitrogens with zero attached hydrogens (tertiary/aromatic N) is 1. The molecule has 3 nitrogen and oxygen atoms in total. The average Bonchev–Trinajstić information content (AvgIpc) is 2.91. The highest BCUT2D eigenvalue weighted by Gasteiger charge is 2.28. The molecule has 0 aliphatic heterocycles. The first kappa shape index (κ1) is 20.4. The Morgan fingerprint density at radius 3 is 2.43 bits per heavy atom. The minimum absolute atomic E-state index is 0.0145. The fourth-order valence-corrected chi connectivity index (χ4v) is 3.84. The van der Waals surface area contributed by atoms with Gasteiger partial charge in [0.15, 0.2) is 0 Å². The van der Waals surface area contributed by atoms with Gasteiger partial charge in [0.1, 0.15) is 5.76 Å². The van der Waals surface area contributed by atoms with E-state index in [9.17, 15) is 18.7 Å². The molecular weight excluding hydrogens is 407 g/mol. The topological polar surface area (TPSA) is 42.2 Å². The molecule has 2 aromatic carbocycles. The van der Waals surface area contributed by atoms with Gasteiger partial charge in [-0.15, -0.1) is 0 Å². The van der Waals surface area contributed by atoms with Gasteiger partial charge >= 0.3 is 0 Å². The number of rotatable bonds is 4. The van der Waals surface area contributed by atoms with Crippen molar-refractivity contribution in [2.24, 2.45) is 7.05 Å². The van der Waals surface area contributed by atoms with Crippen molar-refractivity contribution in [2.75, 3.05) is 0 Å². The summed E-state index contributed by atoms with van der Waals surface area (Å²) < 4.78 is 29.1. The molecule has 0 fully saturated rings. The highest BCUT2D eigenvalue weighted by atomic mass is 35.5. The van der Waals surface area contributed by atoms with Crippen LogP contribution in [0.15, 0.2) is 36.9 Å². The maximum atomic E-state index is 13.8. The summed E-state index contributed by atoms with van der Waals surface area (Å²) >= 11 is 12.5. The van der Waals surface area contributed by atoms with Gasteiger partial charge in [-0.1, -0.05) is 29.8 Å². The van der Waals surface area contributed by atoms with E-state index < -0.39 is 11.7 Å². The second-order valence-corrected chi connectivity index (χ2v) is 7.55. The van der Waals surface area contributed by atoms with Crippen molar-refractivity contribution >= 4 is 45.6 Å². The van der Waals surface area contributed by atoms with Gasteiger partial charge in [-0.3, -0.25) is 4.79 Å². The highest BCUT2D eigenvalue weighted by molar-refractivity contribution is 6.42. The number of aromatic nitrogens is 1. The SMILES string of the molecule is C=C(O)c1ccc(Cl)c(C(=O)c2cc3c(C)cc(C(C)(F)F)cc3n2C)c1Cl. The lowest BCUT2D eigenvalue weighted by Gasteiger charge is -2.13. The van der Waals surface area contributed by atoms with Gasteiger partial charge in [0.2, 0.25) is 5.78 Å². The maximum Gasteiger partial charge on any atom is 0.270 e. The standard InChI is InChI=1S/C21H17Cl2F2NO2/c1-10-7-12(21(3,24)25)8-16-14(10)9-17(26(16)4)20(28)18-15(22)6-5-13(11(2)27)19(18)23/h5-9,27H,2H2,1,3-4H3. The first-order valence-electron chi connectivity index (χ1n) is 8.32. The summed E-state index contributed by atoms with van der Waals surface area (Å²) in [6, 6.07) is 7.31. The fourth-order valence-electron chi connectivity index (χ4n) is 3.19. The van der Waals surface area contributed by atoms with Crippen molar-refractivity contribution < 1.29 is 18.7 Å². The van der Waals surface area contributed by atoms with Crippen LogP contribution in [0.2, 0.25) is 10.0 Å². The molecule has 0 amide bonds. The normalized spacial score (nSPS) is 11.8. The van der Waals surface area contributed by atoms with Crippen LogP contribution in [0.3, 0.4) is 0 Å². The number of fused-ring (bicyclic) bond motifs is 1. The van der Waals surface area contributed by atoms with Crippen molar-refractivity contribution in [3.8, 4) is 0 Å². The van der Waals surface area contributed by atoms with Crippen LogP contribution in [0.25, 0.3) is 16.7 Å². The van der Waals surface area contributed by atoms with Gasteiger partial charge in [0, 0.05) is 36.0 Å². The minimum atomic E-state index is -3.00. The first-order chi connectivity index (χ1) is 12.9. The maximum absolute atomic E-state index is 13.8. The molecule has 3 rings (SSSR count). The van der Waals surface area contributed by atoms with E-state index in [0.717, 1.165) is 6.92 Å². The molecule has 0 aliphatic rings. The number of ketones is 1. The number of benzene rings is 2. The van der Waals surface area contributed by atoms with Crippen LogP contribution in [0.5, 0.6) is 0 Å². The van der Waals surface area contributed by atoms with Crippen molar-refractivity contribution in [2.45, 2.75) is 19.8 Å². The molecule has 0 bridgehead atoms. The van der Waals surface area contributed by atoms with Gasteiger partial charge in [-0.2, -0.15) is 0 Å². The molecule has 0 spiro atoms. The minimum Gasteiger partial charge on any atom is -0.508 e. The molecule has 0 aliphatic carbocycles. The molecule has 1 aromatic heterocycles. The number of aliphatic hydroxyl groups is 1. The summed E-state index contributed by atoms with van der Waals surface area (Å²) in [4.78, 5) is 13.2. The molecule has 1 heterocycles. The largest absolute Gasteiger partial charge is 0.508 e. The Hall–Kier alpha value is -2.37. The second-order valence-electron chi connectivity index (χ2n) is 6.76. The predicted molar refractivity (Wildman–Crippen MR) is 109 cm³/mol. The Kier molecular flexibility index (Phi) is 5.02. The van der Waals surface area contributed by atoms with E-state index in [4.69, 9.17) is 23.2 Å². The van der Waals surface area contributed by atoms with E-state index in [-0.39, 0.29) is 38.2 Å². The zero-order valence-corrected chi connectivity index (χ0v) is 16.9. The molecule has 146 valence electrons. The number of alkyl halides is 2. The lowest BCUT2D eigenvalue weighted by atomic mass is 10.0. The number of aliphatic hydroxyl groups excluding tert-OH is 1. The number of halogens is 4. The summed E-state index contributed by atoms with van der Waals surface area (Å²) in [6.45, 7) is 5.97. The molecule has 1 N–H and O–H groups in total. The van der Waals surface area contributed by atoms with Crippen molar-refractivity contribution in [1.29, 1.82) is 0 Å². The van der Waals surface area contributed by atoms with E-state index in [0.29, 0.717) is 16.5 Å². The average molecular weight is 424 g/mol. The van der Waals surface area contributed by atoms with E-state index in [1.807, 2.05) is 0 Å². The third kappa shape index (κ3) is 3.29. The van der Waals surface area contributed by atoms with Crippen LogP contribution < -0.4 is 0 Å². The summed E-state index contributed by atoms with van der Waals surface area (Å²) in [7, 11) is 1.61. The lowest BCUT2D eigenvalue weighted by Crippen LogP contribution is -2.10. The van der Waals surface area contributed by atoms with E-state index in [1.165, 1.54) is 28.8 Å². The Morgan fingerprint density at radius 1 is 1.21 bits per heavy atom. The Labute approximate surface area is 170 Å². The molecule has 7 heteroatoms. The molecule has 28 heavy (non-hydrogen) atoms. The Morgan fingerprint density at radius 2 is 1.86 bits per heavy atom. The number of hydrogen-bond donors (Lipinski definition) is 1. The fraction of sp³-hybridized carbons (Fsp3) is 0.190. The van der Waals surface area contributed by atoms with Crippen molar-refractivity contribution in [1.82, 2.24) is 4.57 Å². The smallest absolute Gasteiger partial charge is 0.270 e. The zero-order valence-electron chi connectivity index (χ0n) is 15.4. The van der Waals surface area contributed by atoms with Crippen LogP contribution in [0, 0.1) is 6.92 Å². The van der Waals surface area contributed by atoms with Crippen molar-refractivity contribution in [3.63, 3.8) is 0 Å². The molecule has 0 saturated carbocycles. The lowest BCUT2D eigenvalue weighted by molar-refractivity contribution is 0.0175. The number of hydrogen-bond acceptors (Lipinski definition) is 2.